The van der Waals surface area contributed by atoms with Crippen molar-refractivity contribution in [2.24, 2.45) is 0 Å². The average Bonchev–Trinajstić information content (AvgIpc) is 2.96. The molecule has 0 saturated heterocycles. The van der Waals surface area contributed by atoms with Gasteiger partial charge in [-0.25, -0.2) is 0 Å². The molecule has 0 N–H and O–H groups in total. The van der Waals surface area contributed by atoms with E-state index in [1.54, 1.807) is 0 Å². The maximum Gasteiger partial charge on any atom is 0 e. The second-order valence-corrected chi connectivity index (χ2v) is 18.4. The zero-order chi connectivity index (χ0) is 34.3. The Kier molecular flexibility index (Phi) is 11.6. The van der Waals surface area contributed by atoms with Crippen LogP contribution in [0.3, 0.4) is 0 Å². The number of rotatable bonds is 7. The van der Waals surface area contributed by atoms with Gasteiger partial charge in [0.2, 0.25) is 0 Å². The van der Waals surface area contributed by atoms with E-state index in [1.807, 2.05) is 0 Å². The molecule has 6 rings (SSSR count). The summed E-state index contributed by atoms with van der Waals surface area (Å²) in [5, 5.41) is 8.54. The van der Waals surface area contributed by atoms with Gasteiger partial charge in [0.05, 0.1) is 0 Å². The zero-order valence-electron chi connectivity index (χ0n) is 30.6. The van der Waals surface area contributed by atoms with Gasteiger partial charge in [0.1, 0.15) is 0 Å². The van der Waals surface area contributed by atoms with Crippen LogP contribution >= 0.6 is 15.8 Å². The van der Waals surface area contributed by atoms with Crippen LogP contribution in [0.5, 0.6) is 0 Å². The first-order valence-electron chi connectivity index (χ1n) is 17.0. The van der Waals surface area contributed by atoms with Crippen LogP contribution in [0, 0.1) is 69.2 Å². The van der Waals surface area contributed by atoms with Crippen LogP contribution in [0.25, 0.3) is 11.1 Å². The Bertz CT molecular complexity index is 1820. The summed E-state index contributed by atoms with van der Waals surface area (Å²) in [6, 6.07) is 42.7. The fraction of sp³-hybridized carbons (Fsp3) is 0.217. The van der Waals surface area contributed by atoms with Gasteiger partial charge < -0.3 is 0 Å². The topological polar surface area (TPSA) is 0 Å². The maximum atomic E-state index is 2.43. The molecule has 0 radical (unpaired) electrons. The predicted molar refractivity (Wildman–Crippen MR) is 217 cm³/mol. The molecule has 250 valence electrons. The zero-order valence-corrected chi connectivity index (χ0v) is 34.2. The van der Waals surface area contributed by atoms with Gasteiger partial charge in [-0.1, -0.05) is 154 Å². The van der Waals surface area contributed by atoms with Gasteiger partial charge in [-0.3, -0.25) is 0 Å². The van der Waals surface area contributed by atoms with Crippen molar-refractivity contribution in [3.8, 4) is 11.1 Å². The van der Waals surface area contributed by atoms with Crippen LogP contribution in [0.2, 0.25) is 0 Å². The van der Waals surface area contributed by atoms with E-state index < -0.39 is 15.8 Å². The molecule has 0 spiro atoms. The Morgan fingerprint density at radius 2 is 0.531 bits per heavy atom. The van der Waals surface area contributed by atoms with Crippen molar-refractivity contribution in [3.63, 3.8) is 0 Å². The Balaban J connectivity index is 0.00000468. The normalized spacial score (nSPS) is 11.3. The molecular formula is C46H48P2Ru. The van der Waals surface area contributed by atoms with E-state index in [1.165, 1.54) is 98.6 Å². The van der Waals surface area contributed by atoms with E-state index >= 15 is 0 Å². The van der Waals surface area contributed by atoms with E-state index in [4.69, 9.17) is 0 Å². The number of aryl methyl sites for hydroxylation is 10. The molecule has 3 heteroatoms. The van der Waals surface area contributed by atoms with Gasteiger partial charge in [0.15, 0.2) is 0 Å². The fourth-order valence-electron chi connectivity index (χ4n) is 7.50. The standard InChI is InChI=1S/C46H48P2.Ru/c1-29-17-30(2)22-39(21-29)47(40-23-31(3)18-32(4)24-40)43-15-11-13-37(9)45(43)46-38(10)14-12-16-44(46)48(41-25-33(5)19-34(6)26-41)42-27-35(7)20-36(8)28-42;/h11-28H,1-10H3;. The van der Waals surface area contributed by atoms with E-state index in [9.17, 15) is 0 Å². The third-order valence-corrected chi connectivity index (χ3v) is 13.9. The van der Waals surface area contributed by atoms with E-state index in [-0.39, 0.29) is 19.5 Å². The smallest absolute Gasteiger partial charge is 0 e. The van der Waals surface area contributed by atoms with Crippen molar-refractivity contribution >= 4 is 47.7 Å². The van der Waals surface area contributed by atoms with Gasteiger partial charge in [-0.05, 0) is 139 Å². The molecule has 0 aliphatic heterocycles. The van der Waals surface area contributed by atoms with Crippen LogP contribution < -0.4 is 31.8 Å². The van der Waals surface area contributed by atoms with Gasteiger partial charge >= 0.3 is 0 Å². The fourth-order valence-corrected chi connectivity index (χ4v) is 13.4. The van der Waals surface area contributed by atoms with Gasteiger partial charge in [-0.2, -0.15) is 0 Å². The summed E-state index contributed by atoms with van der Waals surface area (Å²) in [5.41, 5.74) is 16.0. The molecule has 0 nitrogen and oxygen atoms in total. The van der Waals surface area contributed by atoms with Crippen LogP contribution in [0.4, 0.5) is 0 Å². The molecule has 0 heterocycles. The molecule has 0 saturated carbocycles. The summed E-state index contributed by atoms with van der Waals surface area (Å²) < 4.78 is 0. The Hall–Kier alpha value is -3.20. The van der Waals surface area contributed by atoms with Crippen molar-refractivity contribution in [1.29, 1.82) is 0 Å². The van der Waals surface area contributed by atoms with Crippen LogP contribution in [-0.2, 0) is 19.5 Å². The predicted octanol–water partition coefficient (Wildman–Crippen LogP) is 9.95. The van der Waals surface area contributed by atoms with Crippen LogP contribution in [0.15, 0.2) is 109 Å². The molecular weight excluding hydrogens is 716 g/mol. The second kappa shape index (κ2) is 15.4. The second-order valence-electron chi connectivity index (χ2n) is 14.0. The van der Waals surface area contributed by atoms with E-state index in [0.717, 1.165) is 0 Å². The largest absolute Gasteiger partial charge is 0.0613 e. The monoisotopic (exact) mass is 764 g/mol. The molecule has 0 amide bonds. The van der Waals surface area contributed by atoms with Crippen molar-refractivity contribution in [2.45, 2.75) is 69.2 Å². The summed E-state index contributed by atoms with van der Waals surface area (Å²) >= 11 is 0. The minimum atomic E-state index is -0.837. The number of hydrogen-bond acceptors (Lipinski definition) is 0. The molecule has 49 heavy (non-hydrogen) atoms. The first-order valence-corrected chi connectivity index (χ1v) is 19.7. The summed E-state index contributed by atoms with van der Waals surface area (Å²) in [5.74, 6) is 0. The third-order valence-electron chi connectivity index (χ3n) is 9.09. The maximum absolute atomic E-state index is 2.43. The minimum absolute atomic E-state index is 0. The molecule has 6 aromatic rings. The molecule has 6 aromatic carbocycles. The SMILES string of the molecule is Cc1cc(C)cc(P(c2cc(C)cc(C)c2)c2cccc(C)c2-c2c(C)cccc2P(c2cc(C)cc(C)c2)c2cc(C)cc(C)c2)c1.[Ru]. The first kappa shape index (κ1) is 37.1. The third kappa shape index (κ3) is 8.08. The molecule has 0 aromatic heterocycles. The van der Waals surface area contributed by atoms with Crippen LogP contribution in [0.1, 0.15) is 55.6 Å². The molecule has 0 aliphatic rings. The number of benzene rings is 6. The van der Waals surface area contributed by atoms with Gasteiger partial charge in [0, 0.05) is 19.5 Å². The van der Waals surface area contributed by atoms with E-state index in [0.29, 0.717) is 0 Å². The molecule has 0 atom stereocenters. The Morgan fingerprint density at radius 3 is 0.755 bits per heavy atom. The quantitative estimate of drug-likeness (QED) is 0.112. The van der Waals surface area contributed by atoms with Crippen molar-refractivity contribution < 1.29 is 19.5 Å². The first-order chi connectivity index (χ1) is 22.9. The molecule has 0 fully saturated rings. The van der Waals surface area contributed by atoms with Crippen molar-refractivity contribution in [3.05, 3.63) is 165 Å². The molecule has 0 bridgehead atoms. The average molecular weight is 764 g/mol. The van der Waals surface area contributed by atoms with Crippen molar-refractivity contribution in [2.75, 3.05) is 0 Å². The van der Waals surface area contributed by atoms with Crippen molar-refractivity contribution in [1.82, 2.24) is 0 Å². The Labute approximate surface area is 310 Å². The van der Waals surface area contributed by atoms with Gasteiger partial charge in [-0.15, -0.1) is 0 Å². The summed E-state index contributed by atoms with van der Waals surface area (Å²) in [7, 11) is -1.67. The number of hydrogen-bond donors (Lipinski definition) is 0. The molecule has 0 unspecified atom stereocenters. The van der Waals surface area contributed by atoms with Crippen LogP contribution in [-0.4, -0.2) is 0 Å². The minimum Gasteiger partial charge on any atom is -0.0613 e. The van der Waals surface area contributed by atoms with E-state index in [2.05, 4.69) is 178 Å². The summed E-state index contributed by atoms with van der Waals surface area (Å²) in [6.45, 7) is 22.6. The Morgan fingerprint density at radius 1 is 0.306 bits per heavy atom. The molecule has 0 aliphatic carbocycles. The summed E-state index contributed by atoms with van der Waals surface area (Å²) in [6.07, 6.45) is 0. The van der Waals surface area contributed by atoms with Gasteiger partial charge in [0.25, 0.3) is 0 Å². The summed E-state index contributed by atoms with van der Waals surface area (Å²) in [4.78, 5) is 0.